The molecule has 1 aliphatic heterocycles. The number of likely N-dealkylation sites (tertiary alicyclic amines) is 1. The van der Waals surface area contributed by atoms with Crippen molar-refractivity contribution < 1.29 is 32.6 Å². The number of piperidine rings is 1. The molecule has 0 unspecified atom stereocenters. The number of halogens is 3. The third kappa shape index (κ3) is 8.97. The molecule has 1 fully saturated rings. The zero-order valence-corrected chi connectivity index (χ0v) is 23.4. The number of nitrogens with zero attached hydrogens (tertiary/aromatic N) is 4. The van der Waals surface area contributed by atoms with Crippen LogP contribution in [0, 0.1) is 6.92 Å². The average Bonchev–Trinajstić information content (AvgIpc) is 2.83. The van der Waals surface area contributed by atoms with Gasteiger partial charge in [-0.1, -0.05) is 0 Å². The third-order valence-electron chi connectivity index (χ3n) is 6.32. The summed E-state index contributed by atoms with van der Waals surface area (Å²) in [5.74, 6) is -0.0924. The van der Waals surface area contributed by atoms with Crippen LogP contribution in [-0.2, 0) is 15.7 Å². The number of carbonyl (C=O) groups excluding carboxylic acids is 2. The monoisotopic (exact) mass is 566 g/mol. The molecule has 0 saturated carbocycles. The summed E-state index contributed by atoms with van der Waals surface area (Å²) in [6.07, 6.45) is -3.35. The van der Waals surface area contributed by atoms with Crippen molar-refractivity contribution in [2.45, 2.75) is 58.4 Å². The Morgan fingerprint density at radius 1 is 1.20 bits per heavy atom. The molecular formula is C27H37F3N6O4. The number of aryl methyl sites for hydroxylation is 1. The maximum Gasteiger partial charge on any atom is 0.416 e. The van der Waals surface area contributed by atoms with Crippen LogP contribution in [-0.4, -0.2) is 88.5 Å². The molecule has 2 heterocycles. The average molecular weight is 567 g/mol. The van der Waals surface area contributed by atoms with Crippen LogP contribution in [0.15, 0.2) is 24.3 Å². The van der Waals surface area contributed by atoms with E-state index in [0.29, 0.717) is 30.5 Å². The number of alkyl halides is 3. The lowest BCUT2D eigenvalue weighted by atomic mass is 10.0. The highest BCUT2D eigenvalue weighted by atomic mass is 19.4. The number of likely N-dealkylation sites (N-methyl/N-ethyl adjacent to an activating group) is 1. The summed E-state index contributed by atoms with van der Waals surface area (Å²) >= 11 is 0. The van der Waals surface area contributed by atoms with E-state index in [4.69, 9.17) is 4.74 Å². The second-order valence-corrected chi connectivity index (χ2v) is 11.0. The number of alkyl carbamates (subject to hydrolysis) is 1. The Morgan fingerprint density at radius 3 is 2.55 bits per heavy atom. The van der Waals surface area contributed by atoms with Gasteiger partial charge in [0.05, 0.1) is 17.8 Å². The molecule has 0 bridgehead atoms. The molecule has 1 aromatic carbocycles. The minimum Gasteiger partial charge on any atom is -0.507 e. The van der Waals surface area contributed by atoms with Gasteiger partial charge < -0.3 is 25.4 Å². The van der Waals surface area contributed by atoms with E-state index in [9.17, 15) is 27.9 Å². The van der Waals surface area contributed by atoms with E-state index in [1.807, 2.05) is 0 Å². The second kappa shape index (κ2) is 12.7. The van der Waals surface area contributed by atoms with Crippen molar-refractivity contribution in [3.63, 3.8) is 0 Å². The van der Waals surface area contributed by atoms with Crippen LogP contribution in [0.4, 0.5) is 23.8 Å². The van der Waals surface area contributed by atoms with E-state index in [2.05, 4.69) is 25.7 Å². The Balaban J connectivity index is 1.52. The van der Waals surface area contributed by atoms with Gasteiger partial charge in [-0.25, -0.2) is 4.79 Å². The number of anilines is 1. The summed E-state index contributed by atoms with van der Waals surface area (Å²) in [7, 11) is 1.69. The number of ether oxygens (including phenoxy) is 1. The van der Waals surface area contributed by atoms with Crippen LogP contribution in [0.25, 0.3) is 11.3 Å². The number of amides is 2. The Hall–Kier alpha value is -3.61. The smallest absolute Gasteiger partial charge is 0.416 e. The highest BCUT2D eigenvalue weighted by Crippen LogP contribution is 2.36. The number of carbonyl (C=O) groups is 2. The third-order valence-corrected chi connectivity index (χ3v) is 6.32. The van der Waals surface area contributed by atoms with E-state index < -0.39 is 29.2 Å². The van der Waals surface area contributed by atoms with E-state index in [1.54, 1.807) is 45.7 Å². The molecular weight excluding hydrogens is 529 g/mol. The topological polar surface area (TPSA) is 120 Å². The van der Waals surface area contributed by atoms with Crippen molar-refractivity contribution in [2.24, 2.45) is 0 Å². The van der Waals surface area contributed by atoms with Crippen LogP contribution < -0.4 is 10.6 Å². The van der Waals surface area contributed by atoms with Crippen molar-refractivity contribution in [1.82, 2.24) is 25.3 Å². The number of hydrogen-bond donors (Lipinski definition) is 3. The van der Waals surface area contributed by atoms with Gasteiger partial charge in [-0.3, -0.25) is 9.69 Å². The SMILES string of the molecule is Cc1cc(N[C@@H]2CCCN(CC(=O)N(C)CCNC(=O)OC(C)(C)C)C2)nnc1-c1ccc(C(F)(F)F)cc1O. The van der Waals surface area contributed by atoms with Crippen LogP contribution in [0.2, 0.25) is 0 Å². The lowest BCUT2D eigenvalue weighted by Crippen LogP contribution is -2.47. The van der Waals surface area contributed by atoms with Gasteiger partial charge in [-0.2, -0.15) is 13.2 Å². The predicted octanol–water partition coefficient (Wildman–Crippen LogP) is 4.04. The molecule has 1 atom stereocenters. The van der Waals surface area contributed by atoms with Crippen molar-refractivity contribution in [3.05, 3.63) is 35.4 Å². The van der Waals surface area contributed by atoms with Crippen LogP contribution in [0.1, 0.15) is 44.7 Å². The molecule has 2 aromatic rings. The van der Waals surface area contributed by atoms with E-state index >= 15 is 0 Å². The van der Waals surface area contributed by atoms with Crippen LogP contribution in [0.5, 0.6) is 5.75 Å². The fourth-order valence-corrected chi connectivity index (χ4v) is 4.33. The van der Waals surface area contributed by atoms with Gasteiger partial charge >= 0.3 is 12.3 Å². The van der Waals surface area contributed by atoms with Gasteiger partial charge in [0, 0.05) is 38.3 Å². The Morgan fingerprint density at radius 2 is 1.93 bits per heavy atom. The first-order valence-corrected chi connectivity index (χ1v) is 13.1. The number of aromatic hydroxyl groups is 1. The highest BCUT2D eigenvalue weighted by Gasteiger charge is 2.31. The molecule has 0 radical (unpaired) electrons. The first kappa shape index (κ1) is 30.9. The first-order valence-electron chi connectivity index (χ1n) is 13.1. The van der Waals surface area contributed by atoms with Crippen LogP contribution in [0.3, 0.4) is 0 Å². The molecule has 40 heavy (non-hydrogen) atoms. The molecule has 1 aliphatic rings. The number of nitrogens with one attached hydrogen (secondary N) is 2. The summed E-state index contributed by atoms with van der Waals surface area (Å²) in [5, 5.41) is 24.5. The van der Waals surface area contributed by atoms with Gasteiger partial charge in [0.25, 0.3) is 0 Å². The lowest BCUT2D eigenvalue weighted by molar-refractivity contribution is -0.137. The largest absolute Gasteiger partial charge is 0.507 e. The zero-order chi connectivity index (χ0) is 29.7. The number of phenols is 1. The molecule has 10 nitrogen and oxygen atoms in total. The molecule has 0 aliphatic carbocycles. The van der Waals surface area contributed by atoms with Gasteiger partial charge in [0.1, 0.15) is 17.2 Å². The van der Waals surface area contributed by atoms with E-state index in [0.717, 1.165) is 25.5 Å². The quantitative estimate of drug-likeness (QED) is 0.438. The number of hydrogen-bond acceptors (Lipinski definition) is 8. The van der Waals surface area contributed by atoms with E-state index in [-0.39, 0.29) is 36.3 Å². The number of rotatable bonds is 8. The summed E-state index contributed by atoms with van der Waals surface area (Å²) in [4.78, 5) is 28.1. The predicted molar refractivity (Wildman–Crippen MR) is 144 cm³/mol. The fourth-order valence-electron chi connectivity index (χ4n) is 4.33. The summed E-state index contributed by atoms with van der Waals surface area (Å²) in [5.41, 5.74) is -0.445. The van der Waals surface area contributed by atoms with Gasteiger partial charge in [-0.05, 0) is 76.9 Å². The summed E-state index contributed by atoms with van der Waals surface area (Å²) < 4.78 is 44.0. The Bertz CT molecular complexity index is 1200. The molecule has 2 amide bonds. The minimum atomic E-state index is -4.56. The maximum absolute atomic E-state index is 12.9. The lowest BCUT2D eigenvalue weighted by Gasteiger charge is -2.33. The molecule has 3 N–H and O–H groups in total. The second-order valence-electron chi connectivity index (χ2n) is 11.0. The first-order chi connectivity index (χ1) is 18.6. The maximum atomic E-state index is 12.9. The molecule has 220 valence electrons. The van der Waals surface area contributed by atoms with Crippen molar-refractivity contribution in [1.29, 1.82) is 0 Å². The van der Waals surface area contributed by atoms with Crippen molar-refractivity contribution >= 4 is 17.8 Å². The normalized spacial score (nSPS) is 16.4. The Labute approximate surface area is 231 Å². The number of benzene rings is 1. The van der Waals surface area contributed by atoms with Crippen molar-refractivity contribution in [2.75, 3.05) is 45.1 Å². The van der Waals surface area contributed by atoms with Crippen molar-refractivity contribution in [3.8, 4) is 17.0 Å². The van der Waals surface area contributed by atoms with Gasteiger partial charge in [-0.15, -0.1) is 10.2 Å². The molecule has 1 aromatic heterocycles. The van der Waals surface area contributed by atoms with Crippen LogP contribution >= 0.6 is 0 Å². The zero-order valence-electron chi connectivity index (χ0n) is 23.4. The van der Waals surface area contributed by atoms with Gasteiger partial charge in [0.2, 0.25) is 5.91 Å². The molecule has 0 spiro atoms. The molecule has 3 rings (SSSR count). The number of phenolic OH excluding ortho intramolecular Hbond substituents is 1. The van der Waals surface area contributed by atoms with E-state index in [1.165, 1.54) is 6.07 Å². The summed E-state index contributed by atoms with van der Waals surface area (Å²) in [6.45, 7) is 9.32. The highest BCUT2D eigenvalue weighted by molar-refractivity contribution is 5.78. The Kier molecular flexibility index (Phi) is 9.82. The summed E-state index contributed by atoms with van der Waals surface area (Å²) in [6, 6.07) is 4.50. The minimum absolute atomic E-state index is 0.0136. The number of aromatic nitrogens is 2. The standard InChI is InChI=1S/C27H37F3N6O4/c1-17-13-22(33-34-24(17)20-9-8-18(14-21(20)37)27(28,29)30)32-19-7-6-11-36(15-19)16-23(38)35(5)12-10-31-25(39)40-26(2,3)4/h8-9,13-14,19,37H,6-7,10-12,15-16H2,1-5H3,(H,31,39)(H,32,33)/t19-/m1/s1. The molecule has 1 saturated heterocycles. The molecule has 13 heteroatoms. The fraction of sp³-hybridized carbons (Fsp3) is 0.556. The van der Waals surface area contributed by atoms with Gasteiger partial charge in [0.15, 0.2) is 0 Å².